The van der Waals surface area contributed by atoms with Crippen LogP contribution >= 0.6 is 11.3 Å². The molecule has 96 valence electrons. The van der Waals surface area contributed by atoms with E-state index in [0.717, 1.165) is 13.0 Å². The SMILES string of the molecule is Cc1ccccc1[C@H](C)NCCc1scnc1C. The highest BCUT2D eigenvalue weighted by molar-refractivity contribution is 7.09. The highest BCUT2D eigenvalue weighted by Gasteiger charge is 2.07. The lowest BCUT2D eigenvalue weighted by molar-refractivity contribution is 0.575. The normalized spacial score (nSPS) is 12.6. The Bertz CT molecular complexity index is 505. The molecule has 3 heteroatoms. The molecule has 1 atom stereocenters. The summed E-state index contributed by atoms with van der Waals surface area (Å²) in [6, 6.07) is 8.96. The average Bonchev–Trinajstić information content (AvgIpc) is 2.75. The Morgan fingerprint density at radius 3 is 2.72 bits per heavy atom. The van der Waals surface area contributed by atoms with E-state index in [9.17, 15) is 0 Å². The Morgan fingerprint density at radius 1 is 1.28 bits per heavy atom. The lowest BCUT2D eigenvalue weighted by atomic mass is 10.0. The Balaban J connectivity index is 1.87. The minimum atomic E-state index is 0.402. The molecule has 0 saturated heterocycles. The molecule has 18 heavy (non-hydrogen) atoms. The first-order valence-electron chi connectivity index (χ1n) is 6.36. The summed E-state index contributed by atoms with van der Waals surface area (Å²) < 4.78 is 0. The molecule has 0 saturated carbocycles. The van der Waals surface area contributed by atoms with Crippen LogP contribution in [0.3, 0.4) is 0 Å². The molecule has 0 unspecified atom stereocenters. The van der Waals surface area contributed by atoms with E-state index in [-0.39, 0.29) is 0 Å². The standard InChI is InChI=1S/C15H20N2S/c1-11-6-4-5-7-14(11)12(2)16-9-8-15-13(3)17-10-18-15/h4-7,10,12,16H,8-9H2,1-3H3/t12-/m0/s1. The highest BCUT2D eigenvalue weighted by Crippen LogP contribution is 2.17. The zero-order valence-electron chi connectivity index (χ0n) is 11.2. The molecule has 0 aliphatic heterocycles. The van der Waals surface area contributed by atoms with E-state index in [4.69, 9.17) is 0 Å². The van der Waals surface area contributed by atoms with Crippen molar-refractivity contribution in [1.82, 2.24) is 10.3 Å². The van der Waals surface area contributed by atoms with Crippen LogP contribution in [-0.2, 0) is 6.42 Å². The number of benzene rings is 1. The fourth-order valence-corrected chi connectivity index (χ4v) is 2.93. The van der Waals surface area contributed by atoms with Gasteiger partial charge in [0.05, 0.1) is 11.2 Å². The fourth-order valence-electron chi connectivity index (χ4n) is 2.15. The third kappa shape index (κ3) is 3.18. The van der Waals surface area contributed by atoms with E-state index in [1.807, 2.05) is 5.51 Å². The van der Waals surface area contributed by atoms with E-state index in [1.165, 1.54) is 21.7 Å². The lowest BCUT2D eigenvalue weighted by Crippen LogP contribution is -2.21. The smallest absolute Gasteiger partial charge is 0.0797 e. The van der Waals surface area contributed by atoms with Gasteiger partial charge in [0.1, 0.15) is 0 Å². The molecule has 1 aromatic carbocycles. The lowest BCUT2D eigenvalue weighted by Gasteiger charge is -2.16. The predicted octanol–water partition coefficient (Wildman–Crippen LogP) is 3.65. The number of hydrogen-bond acceptors (Lipinski definition) is 3. The number of nitrogens with zero attached hydrogens (tertiary/aromatic N) is 1. The number of thiazole rings is 1. The first-order valence-corrected chi connectivity index (χ1v) is 7.24. The van der Waals surface area contributed by atoms with Gasteiger partial charge >= 0.3 is 0 Å². The van der Waals surface area contributed by atoms with E-state index < -0.39 is 0 Å². The van der Waals surface area contributed by atoms with E-state index >= 15 is 0 Å². The maximum atomic E-state index is 4.28. The monoisotopic (exact) mass is 260 g/mol. The second-order valence-corrected chi connectivity index (χ2v) is 5.58. The van der Waals surface area contributed by atoms with Crippen LogP contribution in [0.4, 0.5) is 0 Å². The molecule has 1 heterocycles. The molecule has 0 spiro atoms. The van der Waals surface area contributed by atoms with Crippen molar-refractivity contribution in [2.45, 2.75) is 33.2 Å². The van der Waals surface area contributed by atoms with Crippen LogP contribution in [0.1, 0.15) is 34.7 Å². The van der Waals surface area contributed by atoms with Gasteiger partial charge in [-0.3, -0.25) is 0 Å². The van der Waals surface area contributed by atoms with Crippen LogP contribution in [0.5, 0.6) is 0 Å². The number of aryl methyl sites for hydroxylation is 2. The van der Waals surface area contributed by atoms with Crippen LogP contribution in [-0.4, -0.2) is 11.5 Å². The Labute approximate surface area is 113 Å². The van der Waals surface area contributed by atoms with Gasteiger partial charge < -0.3 is 5.32 Å². The Hall–Kier alpha value is -1.19. The van der Waals surface area contributed by atoms with Crippen molar-refractivity contribution in [2.24, 2.45) is 0 Å². The number of rotatable bonds is 5. The van der Waals surface area contributed by atoms with E-state index in [1.54, 1.807) is 11.3 Å². The van der Waals surface area contributed by atoms with Crippen LogP contribution in [0.15, 0.2) is 29.8 Å². The molecule has 0 radical (unpaired) electrons. The largest absolute Gasteiger partial charge is 0.310 e. The maximum Gasteiger partial charge on any atom is 0.0797 e. The summed E-state index contributed by atoms with van der Waals surface area (Å²) in [7, 11) is 0. The number of nitrogens with one attached hydrogen (secondary N) is 1. The van der Waals surface area contributed by atoms with Gasteiger partial charge in [-0.15, -0.1) is 11.3 Å². The first-order chi connectivity index (χ1) is 8.68. The second-order valence-electron chi connectivity index (χ2n) is 4.64. The Morgan fingerprint density at radius 2 is 2.06 bits per heavy atom. The van der Waals surface area contributed by atoms with Gasteiger partial charge in [-0.25, -0.2) is 4.98 Å². The zero-order valence-corrected chi connectivity index (χ0v) is 12.1. The van der Waals surface area contributed by atoms with Crippen molar-refractivity contribution < 1.29 is 0 Å². The number of hydrogen-bond donors (Lipinski definition) is 1. The third-order valence-electron chi connectivity index (χ3n) is 3.30. The zero-order chi connectivity index (χ0) is 13.0. The van der Waals surface area contributed by atoms with Crippen molar-refractivity contribution in [3.05, 3.63) is 51.5 Å². The summed E-state index contributed by atoms with van der Waals surface area (Å²) in [6.07, 6.45) is 1.06. The van der Waals surface area contributed by atoms with Crippen LogP contribution in [0.25, 0.3) is 0 Å². The van der Waals surface area contributed by atoms with Crippen molar-refractivity contribution in [2.75, 3.05) is 6.54 Å². The minimum Gasteiger partial charge on any atom is -0.310 e. The van der Waals surface area contributed by atoms with Gasteiger partial charge in [0.25, 0.3) is 0 Å². The highest BCUT2D eigenvalue weighted by atomic mass is 32.1. The van der Waals surface area contributed by atoms with Crippen LogP contribution in [0, 0.1) is 13.8 Å². The van der Waals surface area contributed by atoms with Crippen LogP contribution < -0.4 is 5.32 Å². The minimum absolute atomic E-state index is 0.402. The van der Waals surface area contributed by atoms with E-state index in [2.05, 4.69) is 55.3 Å². The molecule has 2 nitrogen and oxygen atoms in total. The second kappa shape index (κ2) is 6.12. The van der Waals surface area contributed by atoms with E-state index in [0.29, 0.717) is 6.04 Å². The van der Waals surface area contributed by atoms with Crippen molar-refractivity contribution in [3.8, 4) is 0 Å². The van der Waals surface area contributed by atoms with Gasteiger partial charge in [-0.2, -0.15) is 0 Å². The first kappa shape index (κ1) is 13.2. The van der Waals surface area contributed by atoms with Gasteiger partial charge in [0.15, 0.2) is 0 Å². The molecule has 0 aliphatic rings. The molecule has 0 aliphatic carbocycles. The predicted molar refractivity (Wildman–Crippen MR) is 78.2 cm³/mol. The topological polar surface area (TPSA) is 24.9 Å². The van der Waals surface area contributed by atoms with Gasteiger partial charge in [0.2, 0.25) is 0 Å². The van der Waals surface area contributed by atoms with Gasteiger partial charge in [-0.1, -0.05) is 24.3 Å². The summed E-state index contributed by atoms with van der Waals surface area (Å²) >= 11 is 1.75. The molecular formula is C15H20N2S. The quantitative estimate of drug-likeness (QED) is 0.887. The molecule has 2 rings (SSSR count). The van der Waals surface area contributed by atoms with Crippen molar-refractivity contribution in [1.29, 1.82) is 0 Å². The summed E-state index contributed by atoms with van der Waals surface area (Å²) in [6.45, 7) is 7.47. The number of aromatic nitrogens is 1. The van der Waals surface area contributed by atoms with Crippen molar-refractivity contribution in [3.63, 3.8) is 0 Å². The molecule has 0 bridgehead atoms. The maximum absolute atomic E-state index is 4.28. The Kier molecular flexibility index (Phi) is 4.50. The summed E-state index contributed by atoms with van der Waals surface area (Å²) in [4.78, 5) is 5.67. The molecule has 1 N–H and O–H groups in total. The molecule has 2 aromatic rings. The molecular weight excluding hydrogens is 240 g/mol. The molecule has 0 fully saturated rings. The molecule has 1 aromatic heterocycles. The summed E-state index contributed by atoms with van der Waals surface area (Å²) in [5.41, 5.74) is 5.84. The summed E-state index contributed by atoms with van der Waals surface area (Å²) in [5, 5.41) is 3.58. The van der Waals surface area contributed by atoms with Gasteiger partial charge in [-0.05, 0) is 38.3 Å². The van der Waals surface area contributed by atoms with Gasteiger partial charge in [0, 0.05) is 17.5 Å². The van der Waals surface area contributed by atoms with Crippen LogP contribution in [0.2, 0.25) is 0 Å². The van der Waals surface area contributed by atoms with Crippen molar-refractivity contribution >= 4 is 11.3 Å². The third-order valence-corrected chi connectivity index (χ3v) is 4.30. The molecule has 0 amide bonds. The average molecular weight is 260 g/mol. The fraction of sp³-hybridized carbons (Fsp3) is 0.400. The summed E-state index contributed by atoms with van der Waals surface area (Å²) in [5.74, 6) is 0.